The fraction of sp³-hybridized carbons (Fsp3) is 0.0769. The molecule has 0 amide bonds. The molecule has 2 aromatic heterocycles. The standard InChI is InChI=1S/C13H11FN4/c1-8-6-12(15)17-13-10(7-16-18(8)13)9-4-2-3-5-11(9)14/h2-7H,1H3,(H2,15,17). The maximum Gasteiger partial charge on any atom is 0.165 e. The topological polar surface area (TPSA) is 56.2 Å². The Balaban J connectivity index is 2.34. The molecule has 0 unspecified atom stereocenters. The minimum atomic E-state index is -0.297. The molecule has 0 aliphatic carbocycles. The fourth-order valence-corrected chi connectivity index (χ4v) is 2.01. The first kappa shape index (κ1) is 10.7. The lowest BCUT2D eigenvalue weighted by Crippen LogP contribution is -2.00. The average molecular weight is 242 g/mol. The lowest BCUT2D eigenvalue weighted by atomic mass is 10.1. The number of hydrogen-bond donors (Lipinski definition) is 1. The minimum absolute atomic E-state index is 0.297. The van der Waals surface area contributed by atoms with Crippen molar-refractivity contribution in [1.29, 1.82) is 0 Å². The highest BCUT2D eigenvalue weighted by Crippen LogP contribution is 2.26. The summed E-state index contributed by atoms with van der Waals surface area (Å²) in [6.07, 6.45) is 1.60. The summed E-state index contributed by atoms with van der Waals surface area (Å²) in [4.78, 5) is 4.23. The number of benzene rings is 1. The Kier molecular flexibility index (Phi) is 2.26. The second kappa shape index (κ2) is 3.80. The largest absolute Gasteiger partial charge is 0.384 e. The predicted molar refractivity (Wildman–Crippen MR) is 67.5 cm³/mol. The number of halogens is 1. The number of aromatic nitrogens is 3. The summed E-state index contributed by atoms with van der Waals surface area (Å²) < 4.78 is 15.4. The van der Waals surface area contributed by atoms with Gasteiger partial charge in [-0.1, -0.05) is 18.2 Å². The monoisotopic (exact) mass is 242 g/mol. The van der Waals surface area contributed by atoms with E-state index in [2.05, 4.69) is 10.1 Å². The molecule has 18 heavy (non-hydrogen) atoms. The van der Waals surface area contributed by atoms with Crippen LogP contribution < -0.4 is 5.73 Å². The number of anilines is 1. The van der Waals surface area contributed by atoms with Gasteiger partial charge in [0.2, 0.25) is 0 Å². The van der Waals surface area contributed by atoms with Crippen LogP contribution in [0.1, 0.15) is 5.69 Å². The van der Waals surface area contributed by atoms with Gasteiger partial charge in [0, 0.05) is 22.9 Å². The maximum absolute atomic E-state index is 13.8. The average Bonchev–Trinajstić information content (AvgIpc) is 2.73. The van der Waals surface area contributed by atoms with Gasteiger partial charge in [-0.05, 0) is 13.0 Å². The zero-order chi connectivity index (χ0) is 12.7. The van der Waals surface area contributed by atoms with Gasteiger partial charge in [-0.15, -0.1) is 0 Å². The van der Waals surface area contributed by atoms with E-state index in [1.165, 1.54) is 6.07 Å². The first-order chi connectivity index (χ1) is 8.66. The van der Waals surface area contributed by atoms with Crippen LogP contribution >= 0.6 is 0 Å². The van der Waals surface area contributed by atoms with Crippen molar-refractivity contribution in [3.05, 3.63) is 48.0 Å². The lowest BCUT2D eigenvalue weighted by Gasteiger charge is -2.03. The third-order valence-corrected chi connectivity index (χ3v) is 2.83. The summed E-state index contributed by atoms with van der Waals surface area (Å²) in [6, 6.07) is 8.27. The molecule has 0 bridgehead atoms. The van der Waals surface area contributed by atoms with E-state index in [0.29, 0.717) is 22.6 Å². The second-order valence-electron chi connectivity index (χ2n) is 4.10. The Bertz CT molecular complexity index is 733. The van der Waals surface area contributed by atoms with Crippen LogP contribution in [0.2, 0.25) is 0 Å². The van der Waals surface area contributed by atoms with E-state index >= 15 is 0 Å². The van der Waals surface area contributed by atoms with E-state index in [9.17, 15) is 4.39 Å². The first-order valence-electron chi connectivity index (χ1n) is 5.52. The summed E-state index contributed by atoms with van der Waals surface area (Å²) in [5.41, 5.74) is 8.27. The minimum Gasteiger partial charge on any atom is -0.384 e. The van der Waals surface area contributed by atoms with Crippen molar-refractivity contribution < 1.29 is 4.39 Å². The third kappa shape index (κ3) is 1.52. The summed E-state index contributed by atoms with van der Waals surface area (Å²) in [5.74, 6) is 0.104. The van der Waals surface area contributed by atoms with Crippen LogP contribution in [0.25, 0.3) is 16.8 Å². The first-order valence-corrected chi connectivity index (χ1v) is 5.52. The molecule has 3 aromatic rings. The highest BCUT2D eigenvalue weighted by atomic mass is 19.1. The Hall–Kier alpha value is -2.43. The third-order valence-electron chi connectivity index (χ3n) is 2.83. The van der Waals surface area contributed by atoms with Gasteiger partial charge in [-0.3, -0.25) is 0 Å². The molecule has 0 fully saturated rings. The van der Waals surface area contributed by atoms with Gasteiger partial charge in [0.15, 0.2) is 5.65 Å². The smallest absolute Gasteiger partial charge is 0.165 e. The van der Waals surface area contributed by atoms with Crippen molar-refractivity contribution >= 4 is 11.5 Å². The molecule has 4 nitrogen and oxygen atoms in total. The molecule has 2 heterocycles. The zero-order valence-corrected chi connectivity index (χ0v) is 9.76. The Morgan fingerprint density at radius 1 is 1.22 bits per heavy atom. The molecule has 90 valence electrons. The molecule has 0 radical (unpaired) electrons. The molecule has 3 rings (SSSR count). The van der Waals surface area contributed by atoms with Crippen LogP contribution in [0.5, 0.6) is 0 Å². The van der Waals surface area contributed by atoms with Crippen LogP contribution in [0.3, 0.4) is 0 Å². The molecule has 0 saturated carbocycles. The van der Waals surface area contributed by atoms with Crippen molar-refractivity contribution in [2.75, 3.05) is 5.73 Å². The van der Waals surface area contributed by atoms with E-state index in [-0.39, 0.29) is 5.82 Å². The molecular formula is C13H11FN4. The number of nitrogen functional groups attached to an aromatic ring is 1. The van der Waals surface area contributed by atoms with Crippen molar-refractivity contribution in [3.8, 4) is 11.1 Å². The van der Waals surface area contributed by atoms with E-state index in [1.807, 2.05) is 6.92 Å². The summed E-state index contributed by atoms with van der Waals surface area (Å²) in [6.45, 7) is 1.88. The molecule has 0 saturated heterocycles. The highest BCUT2D eigenvalue weighted by Gasteiger charge is 2.13. The molecule has 0 aliphatic rings. The van der Waals surface area contributed by atoms with Crippen LogP contribution in [0, 0.1) is 12.7 Å². The molecule has 0 spiro atoms. The predicted octanol–water partition coefficient (Wildman–Crippen LogP) is 2.43. The van der Waals surface area contributed by atoms with E-state index in [0.717, 1.165) is 5.69 Å². The number of rotatable bonds is 1. The fourth-order valence-electron chi connectivity index (χ4n) is 2.01. The quantitative estimate of drug-likeness (QED) is 0.713. The van der Waals surface area contributed by atoms with Crippen LogP contribution in [-0.4, -0.2) is 14.6 Å². The van der Waals surface area contributed by atoms with E-state index in [1.54, 1.807) is 35.0 Å². The van der Waals surface area contributed by atoms with Gasteiger partial charge < -0.3 is 5.73 Å². The molecule has 0 aliphatic heterocycles. The number of aryl methyl sites for hydroxylation is 1. The Morgan fingerprint density at radius 3 is 2.78 bits per heavy atom. The van der Waals surface area contributed by atoms with Crippen molar-refractivity contribution in [2.45, 2.75) is 6.92 Å². The highest BCUT2D eigenvalue weighted by molar-refractivity contribution is 5.78. The molecule has 5 heteroatoms. The zero-order valence-electron chi connectivity index (χ0n) is 9.76. The summed E-state index contributed by atoms with van der Waals surface area (Å²) in [7, 11) is 0. The number of nitrogens with zero attached hydrogens (tertiary/aromatic N) is 3. The second-order valence-corrected chi connectivity index (χ2v) is 4.10. The number of nitrogens with two attached hydrogens (primary N) is 1. The van der Waals surface area contributed by atoms with Crippen LogP contribution in [-0.2, 0) is 0 Å². The van der Waals surface area contributed by atoms with Crippen LogP contribution in [0.4, 0.5) is 10.2 Å². The Morgan fingerprint density at radius 2 is 2.00 bits per heavy atom. The van der Waals surface area contributed by atoms with E-state index in [4.69, 9.17) is 5.73 Å². The molecular weight excluding hydrogens is 231 g/mol. The van der Waals surface area contributed by atoms with Gasteiger partial charge in [-0.2, -0.15) is 5.10 Å². The van der Waals surface area contributed by atoms with Crippen molar-refractivity contribution in [2.24, 2.45) is 0 Å². The van der Waals surface area contributed by atoms with E-state index < -0.39 is 0 Å². The van der Waals surface area contributed by atoms with Crippen molar-refractivity contribution in [1.82, 2.24) is 14.6 Å². The normalized spacial score (nSPS) is 11.0. The van der Waals surface area contributed by atoms with Gasteiger partial charge >= 0.3 is 0 Å². The van der Waals surface area contributed by atoms with Gasteiger partial charge in [0.05, 0.1) is 6.20 Å². The summed E-state index contributed by atoms with van der Waals surface area (Å²) >= 11 is 0. The van der Waals surface area contributed by atoms with Gasteiger partial charge in [0.1, 0.15) is 11.6 Å². The molecule has 1 aromatic carbocycles. The van der Waals surface area contributed by atoms with Crippen molar-refractivity contribution in [3.63, 3.8) is 0 Å². The lowest BCUT2D eigenvalue weighted by molar-refractivity contribution is 0.631. The SMILES string of the molecule is Cc1cc(N)nc2c(-c3ccccc3F)cnn12. The molecule has 0 atom stereocenters. The van der Waals surface area contributed by atoms with Gasteiger partial charge in [0.25, 0.3) is 0 Å². The maximum atomic E-state index is 13.8. The number of hydrogen-bond acceptors (Lipinski definition) is 3. The van der Waals surface area contributed by atoms with Gasteiger partial charge in [-0.25, -0.2) is 13.9 Å². The summed E-state index contributed by atoms with van der Waals surface area (Å²) in [5, 5.41) is 4.21. The molecule has 2 N–H and O–H groups in total. The number of fused-ring (bicyclic) bond motifs is 1. The van der Waals surface area contributed by atoms with Crippen LogP contribution in [0.15, 0.2) is 36.5 Å². The Labute approximate surface area is 103 Å².